The lowest BCUT2D eigenvalue weighted by atomic mass is 10.0. The molecular weight excluding hydrogens is 214 g/mol. The van der Waals surface area contributed by atoms with Crippen LogP contribution in [0.4, 0.5) is 4.79 Å². The van der Waals surface area contributed by atoms with Crippen molar-refractivity contribution in [2.45, 2.75) is 18.9 Å². The molecule has 1 N–H and O–H groups in total. The van der Waals surface area contributed by atoms with Crippen molar-refractivity contribution in [2.24, 2.45) is 5.92 Å². The van der Waals surface area contributed by atoms with Crippen LogP contribution in [0.25, 0.3) is 0 Å². The summed E-state index contributed by atoms with van der Waals surface area (Å²) in [7, 11) is 0. The standard InChI is InChI=1S/C10H15NO5/c12-9(13)8-5-11(10(14)16-8)4-7-2-1-3-15-6-7/h7-8H,1-6H2,(H,12,13)/t7?,8-/m1/s1. The second kappa shape index (κ2) is 4.69. The van der Waals surface area contributed by atoms with Crippen molar-refractivity contribution in [1.29, 1.82) is 0 Å². The van der Waals surface area contributed by atoms with Gasteiger partial charge in [0.1, 0.15) is 0 Å². The Labute approximate surface area is 93.1 Å². The summed E-state index contributed by atoms with van der Waals surface area (Å²) < 4.78 is 10.0. The van der Waals surface area contributed by atoms with E-state index in [1.54, 1.807) is 0 Å². The van der Waals surface area contributed by atoms with Crippen LogP contribution in [0, 0.1) is 5.92 Å². The molecule has 0 saturated carbocycles. The number of rotatable bonds is 3. The Morgan fingerprint density at radius 3 is 2.94 bits per heavy atom. The van der Waals surface area contributed by atoms with Gasteiger partial charge in [-0.15, -0.1) is 0 Å². The molecule has 0 spiro atoms. The second-order valence-corrected chi connectivity index (χ2v) is 4.20. The third-order valence-electron chi connectivity index (χ3n) is 2.90. The quantitative estimate of drug-likeness (QED) is 0.754. The number of nitrogens with zero attached hydrogens (tertiary/aromatic N) is 1. The highest BCUT2D eigenvalue weighted by atomic mass is 16.6. The van der Waals surface area contributed by atoms with E-state index >= 15 is 0 Å². The zero-order valence-electron chi connectivity index (χ0n) is 8.92. The van der Waals surface area contributed by atoms with Crippen molar-refractivity contribution < 1.29 is 24.2 Å². The van der Waals surface area contributed by atoms with Gasteiger partial charge in [-0.1, -0.05) is 0 Å². The molecule has 16 heavy (non-hydrogen) atoms. The third kappa shape index (κ3) is 2.44. The highest BCUT2D eigenvalue weighted by Crippen LogP contribution is 2.19. The van der Waals surface area contributed by atoms with Gasteiger partial charge in [0.2, 0.25) is 6.10 Å². The molecule has 6 heteroatoms. The smallest absolute Gasteiger partial charge is 0.410 e. The fraction of sp³-hybridized carbons (Fsp3) is 0.800. The van der Waals surface area contributed by atoms with Crippen molar-refractivity contribution in [3.63, 3.8) is 0 Å². The molecule has 2 fully saturated rings. The zero-order chi connectivity index (χ0) is 11.5. The number of carboxylic acids is 1. The summed E-state index contributed by atoms with van der Waals surface area (Å²) in [5.74, 6) is -0.787. The number of carbonyl (C=O) groups excluding carboxylic acids is 1. The van der Waals surface area contributed by atoms with Crippen LogP contribution < -0.4 is 0 Å². The van der Waals surface area contributed by atoms with E-state index in [0.717, 1.165) is 19.4 Å². The largest absolute Gasteiger partial charge is 0.478 e. The number of carboxylic acid groups (broad SMARTS) is 1. The molecule has 1 unspecified atom stereocenters. The molecule has 0 aromatic rings. The van der Waals surface area contributed by atoms with Crippen LogP contribution >= 0.6 is 0 Å². The van der Waals surface area contributed by atoms with Crippen molar-refractivity contribution in [2.75, 3.05) is 26.3 Å². The van der Waals surface area contributed by atoms with Gasteiger partial charge >= 0.3 is 12.1 Å². The van der Waals surface area contributed by atoms with Gasteiger partial charge in [-0.3, -0.25) is 0 Å². The van der Waals surface area contributed by atoms with Crippen molar-refractivity contribution in [1.82, 2.24) is 4.90 Å². The topological polar surface area (TPSA) is 76.1 Å². The van der Waals surface area contributed by atoms with Crippen LogP contribution in [-0.4, -0.2) is 54.5 Å². The maximum Gasteiger partial charge on any atom is 0.410 e. The Balaban J connectivity index is 1.85. The molecule has 0 bridgehead atoms. The number of amides is 1. The van der Waals surface area contributed by atoms with Crippen molar-refractivity contribution >= 4 is 12.1 Å². The molecule has 2 saturated heterocycles. The van der Waals surface area contributed by atoms with E-state index in [2.05, 4.69) is 0 Å². The average Bonchev–Trinajstić information content (AvgIpc) is 2.62. The highest BCUT2D eigenvalue weighted by molar-refractivity contribution is 5.81. The first-order valence-corrected chi connectivity index (χ1v) is 5.43. The van der Waals surface area contributed by atoms with Gasteiger partial charge in [-0.05, 0) is 12.8 Å². The Hall–Kier alpha value is -1.30. The number of aliphatic carboxylic acids is 1. The lowest BCUT2D eigenvalue weighted by Crippen LogP contribution is -2.35. The first-order chi connectivity index (χ1) is 7.66. The summed E-state index contributed by atoms with van der Waals surface area (Å²) in [5.41, 5.74) is 0. The fourth-order valence-corrected chi connectivity index (χ4v) is 2.05. The van der Waals surface area contributed by atoms with Crippen LogP contribution in [-0.2, 0) is 14.3 Å². The zero-order valence-corrected chi connectivity index (χ0v) is 8.92. The minimum atomic E-state index is -1.09. The second-order valence-electron chi connectivity index (χ2n) is 4.20. The first-order valence-electron chi connectivity index (χ1n) is 5.43. The molecule has 2 heterocycles. The van der Waals surface area contributed by atoms with Gasteiger partial charge in [0.25, 0.3) is 0 Å². The number of carbonyl (C=O) groups is 2. The van der Waals surface area contributed by atoms with Gasteiger partial charge < -0.3 is 19.5 Å². The molecule has 1 amide bonds. The van der Waals surface area contributed by atoms with Gasteiger partial charge in [0, 0.05) is 19.1 Å². The van der Waals surface area contributed by atoms with Gasteiger partial charge in [0.05, 0.1) is 13.2 Å². The molecule has 2 aliphatic heterocycles. The Kier molecular flexibility index (Phi) is 3.28. The van der Waals surface area contributed by atoms with E-state index in [0.29, 0.717) is 19.1 Å². The predicted molar refractivity (Wildman–Crippen MR) is 53.0 cm³/mol. The number of hydrogen-bond donors (Lipinski definition) is 1. The minimum absolute atomic E-state index is 0.144. The molecular formula is C10H15NO5. The molecule has 90 valence electrons. The molecule has 2 atom stereocenters. The lowest BCUT2D eigenvalue weighted by molar-refractivity contribution is -0.144. The minimum Gasteiger partial charge on any atom is -0.478 e. The summed E-state index contributed by atoms with van der Waals surface area (Å²) in [6.07, 6.45) is 0.465. The van der Waals surface area contributed by atoms with E-state index in [9.17, 15) is 9.59 Å². The molecule has 2 aliphatic rings. The molecule has 0 radical (unpaired) electrons. The summed E-state index contributed by atoms with van der Waals surface area (Å²) in [4.78, 5) is 23.5. The average molecular weight is 229 g/mol. The maximum absolute atomic E-state index is 11.4. The lowest BCUT2D eigenvalue weighted by Gasteiger charge is -2.25. The number of hydrogen-bond acceptors (Lipinski definition) is 4. The molecule has 6 nitrogen and oxygen atoms in total. The fourth-order valence-electron chi connectivity index (χ4n) is 2.05. The van der Waals surface area contributed by atoms with E-state index in [-0.39, 0.29) is 6.54 Å². The normalized spacial score (nSPS) is 30.2. The van der Waals surface area contributed by atoms with Crippen LogP contribution in [0.3, 0.4) is 0 Å². The molecule has 0 aromatic carbocycles. The molecule has 0 aromatic heterocycles. The molecule has 0 aliphatic carbocycles. The number of cyclic esters (lactones) is 1. The predicted octanol–water partition coefficient (Wildman–Crippen LogP) is 0.318. The third-order valence-corrected chi connectivity index (χ3v) is 2.90. The SMILES string of the molecule is O=C(O)[C@H]1CN(CC2CCCOC2)C(=O)O1. The van der Waals surface area contributed by atoms with Crippen molar-refractivity contribution in [3.8, 4) is 0 Å². The monoisotopic (exact) mass is 229 g/mol. The highest BCUT2D eigenvalue weighted by Gasteiger charge is 2.37. The van der Waals surface area contributed by atoms with E-state index in [1.165, 1.54) is 4.90 Å². The van der Waals surface area contributed by atoms with Crippen LogP contribution in [0.5, 0.6) is 0 Å². The van der Waals surface area contributed by atoms with Crippen molar-refractivity contribution in [3.05, 3.63) is 0 Å². The maximum atomic E-state index is 11.4. The summed E-state index contributed by atoms with van der Waals surface area (Å²) in [6, 6.07) is 0. The molecule has 2 rings (SSSR count). The Morgan fingerprint density at radius 2 is 2.38 bits per heavy atom. The van der Waals surface area contributed by atoms with E-state index < -0.39 is 18.2 Å². The van der Waals surface area contributed by atoms with Crippen LogP contribution in [0.2, 0.25) is 0 Å². The first kappa shape index (κ1) is 11.2. The van der Waals surface area contributed by atoms with Gasteiger partial charge in [-0.2, -0.15) is 0 Å². The van der Waals surface area contributed by atoms with E-state index in [4.69, 9.17) is 14.6 Å². The summed E-state index contributed by atoms with van der Waals surface area (Å²) >= 11 is 0. The summed E-state index contributed by atoms with van der Waals surface area (Å²) in [6.45, 7) is 2.09. The van der Waals surface area contributed by atoms with Crippen LogP contribution in [0.15, 0.2) is 0 Å². The Morgan fingerprint density at radius 1 is 1.56 bits per heavy atom. The van der Waals surface area contributed by atoms with Gasteiger partial charge in [-0.25, -0.2) is 9.59 Å². The summed E-state index contributed by atoms with van der Waals surface area (Å²) in [5, 5.41) is 8.73. The Bertz CT molecular complexity index is 287. The van der Waals surface area contributed by atoms with Crippen LogP contribution in [0.1, 0.15) is 12.8 Å². The number of ether oxygens (including phenoxy) is 2. The van der Waals surface area contributed by atoms with E-state index in [1.807, 2.05) is 0 Å². The van der Waals surface area contributed by atoms with Gasteiger partial charge in [0.15, 0.2) is 0 Å².